The number of unbranched alkanes of at least 4 members (excludes halogenated alkanes) is 6. The van der Waals surface area contributed by atoms with E-state index in [0.29, 0.717) is 62.6 Å². The molecule has 0 heterocycles. The normalized spacial score (nSPS) is 16.1. The highest BCUT2D eigenvalue weighted by atomic mass is 16.5. The SMILES string of the molecule is C=CC(=O)OCCCCCCOc1ccc(C(=O)OC2CCC(C(=O)Oc3ccc(OCCCCCC)cc3)CC2)cc1. The first-order valence-electron chi connectivity index (χ1n) is 15.7. The molecule has 2 aromatic carbocycles. The summed E-state index contributed by atoms with van der Waals surface area (Å²) in [6.45, 7) is 7.21. The number of esters is 3. The second kappa shape index (κ2) is 19.4. The molecule has 0 bridgehead atoms. The molecule has 0 N–H and O–H groups in total. The molecule has 1 aliphatic carbocycles. The van der Waals surface area contributed by atoms with Crippen LogP contribution in [0.5, 0.6) is 17.2 Å². The van der Waals surface area contributed by atoms with Crippen molar-refractivity contribution in [1.29, 1.82) is 0 Å². The van der Waals surface area contributed by atoms with Crippen molar-refractivity contribution in [3.63, 3.8) is 0 Å². The van der Waals surface area contributed by atoms with Crippen LogP contribution in [0.15, 0.2) is 61.2 Å². The summed E-state index contributed by atoms with van der Waals surface area (Å²) < 4.78 is 27.8. The Kier molecular flexibility index (Phi) is 15.2. The molecular formula is C35H46O8. The van der Waals surface area contributed by atoms with Crippen LogP contribution in [0.4, 0.5) is 0 Å². The van der Waals surface area contributed by atoms with E-state index >= 15 is 0 Å². The minimum Gasteiger partial charge on any atom is -0.494 e. The largest absolute Gasteiger partial charge is 0.494 e. The second-order valence-electron chi connectivity index (χ2n) is 10.8. The third kappa shape index (κ3) is 12.9. The predicted octanol–water partition coefficient (Wildman–Crippen LogP) is 7.64. The number of hydrogen-bond acceptors (Lipinski definition) is 8. The summed E-state index contributed by atoms with van der Waals surface area (Å²) in [5.41, 5.74) is 0.469. The number of carbonyl (C=O) groups excluding carboxylic acids is 3. The summed E-state index contributed by atoms with van der Waals surface area (Å²) in [5.74, 6) is 0.751. The fourth-order valence-corrected chi connectivity index (χ4v) is 4.82. The van der Waals surface area contributed by atoms with E-state index in [2.05, 4.69) is 13.5 Å². The van der Waals surface area contributed by atoms with Crippen LogP contribution in [-0.2, 0) is 19.1 Å². The molecule has 0 aromatic heterocycles. The molecule has 2 aromatic rings. The third-order valence-electron chi connectivity index (χ3n) is 7.40. The summed E-state index contributed by atoms with van der Waals surface area (Å²) in [7, 11) is 0. The van der Waals surface area contributed by atoms with Crippen LogP contribution in [0.25, 0.3) is 0 Å². The average molecular weight is 595 g/mol. The average Bonchev–Trinajstić information content (AvgIpc) is 3.03. The van der Waals surface area contributed by atoms with E-state index in [1.807, 2.05) is 12.1 Å². The highest BCUT2D eigenvalue weighted by molar-refractivity contribution is 5.89. The van der Waals surface area contributed by atoms with E-state index in [4.69, 9.17) is 23.7 Å². The van der Waals surface area contributed by atoms with Crippen molar-refractivity contribution in [2.75, 3.05) is 19.8 Å². The van der Waals surface area contributed by atoms with Crippen molar-refractivity contribution in [3.05, 3.63) is 66.7 Å². The lowest BCUT2D eigenvalue weighted by Gasteiger charge is -2.27. The molecule has 0 unspecified atom stereocenters. The lowest BCUT2D eigenvalue weighted by molar-refractivity contribution is -0.140. The van der Waals surface area contributed by atoms with E-state index in [0.717, 1.165) is 37.9 Å². The minimum absolute atomic E-state index is 0.212. The Morgan fingerprint density at radius 1 is 0.721 bits per heavy atom. The lowest BCUT2D eigenvalue weighted by atomic mass is 9.87. The van der Waals surface area contributed by atoms with Gasteiger partial charge in [0.05, 0.1) is 31.3 Å². The van der Waals surface area contributed by atoms with Crippen molar-refractivity contribution >= 4 is 17.9 Å². The fourth-order valence-electron chi connectivity index (χ4n) is 4.82. The topological polar surface area (TPSA) is 97.4 Å². The molecule has 43 heavy (non-hydrogen) atoms. The first kappa shape index (κ1) is 33.7. The van der Waals surface area contributed by atoms with Gasteiger partial charge in [0.25, 0.3) is 0 Å². The van der Waals surface area contributed by atoms with Crippen LogP contribution in [0, 0.1) is 5.92 Å². The van der Waals surface area contributed by atoms with Gasteiger partial charge in [-0.25, -0.2) is 9.59 Å². The first-order chi connectivity index (χ1) is 21.0. The van der Waals surface area contributed by atoms with Gasteiger partial charge in [-0.3, -0.25) is 4.79 Å². The van der Waals surface area contributed by atoms with E-state index in [1.54, 1.807) is 36.4 Å². The summed E-state index contributed by atoms with van der Waals surface area (Å²) >= 11 is 0. The molecule has 0 atom stereocenters. The zero-order valence-corrected chi connectivity index (χ0v) is 25.4. The molecule has 1 aliphatic rings. The monoisotopic (exact) mass is 594 g/mol. The highest BCUT2D eigenvalue weighted by Gasteiger charge is 2.30. The Labute approximate surface area is 255 Å². The van der Waals surface area contributed by atoms with Crippen molar-refractivity contribution in [2.24, 2.45) is 5.92 Å². The van der Waals surface area contributed by atoms with Gasteiger partial charge in [0.1, 0.15) is 23.4 Å². The van der Waals surface area contributed by atoms with Gasteiger partial charge in [0.2, 0.25) is 0 Å². The van der Waals surface area contributed by atoms with Crippen molar-refractivity contribution in [3.8, 4) is 17.2 Å². The molecule has 0 saturated heterocycles. The minimum atomic E-state index is -0.391. The Morgan fingerprint density at radius 3 is 1.84 bits per heavy atom. The maximum Gasteiger partial charge on any atom is 0.338 e. The zero-order valence-electron chi connectivity index (χ0n) is 25.4. The smallest absolute Gasteiger partial charge is 0.338 e. The van der Waals surface area contributed by atoms with Gasteiger partial charge in [-0.1, -0.05) is 32.8 Å². The summed E-state index contributed by atoms with van der Waals surface area (Å²) in [6.07, 6.45) is 11.6. The molecule has 0 amide bonds. The molecule has 234 valence electrons. The molecule has 8 heteroatoms. The predicted molar refractivity (Wildman–Crippen MR) is 164 cm³/mol. The van der Waals surface area contributed by atoms with E-state index in [9.17, 15) is 14.4 Å². The number of benzene rings is 2. The van der Waals surface area contributed by atoms with Gasteiger partial charge in [-0.2, -0.15) is 0 Å². The van der Waals surface area contributed by atoms with E-state index < -0.39 is 5.97 Å². The molecular weight excluding hydrogens is 548 g/mol. The van der Waals surface area contributed by atoms with E-state index in [-0.39, 0.29) is 24.0 Å². The van der Waals surface area contributed by atoms with Crippen LogP contribution in [0.1, 0.15) is 94.3 Å². The van der Waals surface area contributed by atoms with Crippen LogP contribution < -0.4 is 14.2 Å². The Balaban J connectivity index is 1.28. The first-order valence-corrected chi connectivity index (χ1v) is 15.7. The van der Waals surface area contributed by atoms with Crippen molar-refractivity contribution < 1.29 is 38.1 Å². The summed E-state index contributed by atoms with van der Waals surface area (Å²) in [5, 5.41) is 0. The third-order valence-corrected chi connectivity index (χ3v) is 7.40. The van der Waals surface area contributed by atoms with Gasteiger partial charge in [0, 0.05) is 6.08 Å². The maximum absolute atomic E-state index is 12.7. The highest BCUT2D eigenvalue weighted by Crippen LogP contribution is 2.29. The van der Waals surface area contributed by atoms with Gasteiger partial charge >= 0.3 is 17.9 Å². The number of carbonyl (C=O) groups is 3. The van der Waals surface area contributed by atoms with Crippen LogP contribution in [-0.4, -0.2) is 43.8 Å². The Bertz CT molecular complexity index is 1120. The molecule has 8 nitrogen and oxygen atoms in total. The van der Waals surface area contributed by atoms with Gasteiger partial charge < -0.3 is 23.7 Å². The standard InChI is InChI=1S/C35H46O8/c1-3-5-6-9-24-40-30-20-22-32(23-21-30)43-35(38)28-14-18-31(19-15-28)42-34(37)27-12-16-29(17-13-27)39-25-10-7-8-11-26-41-33(36)4-2/h4,12-13,16-17,20-23,28,31H,2-3,5-11,14-15,18-19,24-26H2,1H3. The second-order valence-corrected chi connectivity index (χ2v) is 10.8. The van der Waals surface area contributed by atoms with E-state index in [1.165, 1.54) is 25.3 Å². The fraction of sp³-hybridized carbons (Fsp3) is 0.514. The van der Waals surface area contributed by atoms with Crippen molar-refractivity contribution in [1.82, 2.24) is 0 Å². The molecule has 0 radical (unpaired) electrons. The van der Waals surface area contributed by atoms with Gasteiger partial charge in [-0.15, -0.1) is 0 Å². The quantitative estimate of drug-likeness (QED) is 0.0709. The zero-order chi connectivity index (χ0) is 30.7. The van der Waals surface area contributed by atoms with Crippen LogP contribution >= 0.6 is 0 Å². The van der Waals surface area contributed by atoms with Crippen molar-refractivity contribution in [2.45, 2.75) is 90.1 Å². The van der Waals surface area contributed by atoms with Gasteiger partial charge in [0.15, 0.2) is 0 Å². The number of hydrogen-bond donors (Lipinski definition) is 0. The lowest BCUT2D eigenvalue weighted by Crippen LogP contribution is -2.30. The number of ether oxygens (including phenoxy) is 5. The van der Waals surface area contributed by atoms with Crippen LogP contribution in [0.2, 0.25) is 0 Å². The molecule has 1 saturated carbocycles. The maximum atomic E-state index is 12.7. The summed E-state index contributed by atoms with van der Waals surface area (Å²) in [4.78, 5) is 36.4. The number of rotatable bonds is 19. The molecule has 3 rings (SSSR count). The molecule has 0 spiro atoms. The molecule has 1 fully saturated rings. The Hall–Kier alpha value is -3.81. The van der Waals surface area contributed by atoms with Gasteiger partial charge in [-0.05, 0) is 106 Å². The molecule has 0 aliphatic heterocycles. The summed E-state index contributed by atoms with van der Waals surface area (Å²) in [6, 6.07) is 14.1. The Morgan fingerprint density at radius 2 is 1.26 bits per heavy atom. The van der Waals surface area contributed by atoms with Crippen LogP contribution in [0.3, 0.4) is 0 Å².